The van der Waals surface area contributed by atoms with Crippen molar-refractivity contribution in [3.05, 3.63) is 35.5 Å². The minimum Gasteiger partial charge on any atom is -0.443 e. The van der Waals surface area contributed by atoms with E-state index >= 15 is 0 Å². The van der Waals surface area contributed by atoms with E-state index in [1.165, 1.54) is 17.0 Å². The molecule has 2 aliphatic rings. The summed E-state index contributed by atoms with van der Waals surface area (Å²) in [6, 6.07) is 4.57. The summed E-state index contributed by atoms with van der Waals surface area (Å²) in [4.78, 5) is 15.3. The number of cyclic esters (lactones) is 1. The zero-order chi connectivity index (χ0) is 19.4. The summed E-state index contributed by atoms with van der Waals surface area (Å²) in [6.45, 7) is 3.98. The molecule has 10 heteroatoms. The first-order valence-corrected chi connectivity index (χ1v) is 10.2. The van der Waals surface area contributed by atoms with Crippen LogP contribution in [0.3, 0.4) is 0 Å². The third-order valence-corrected chi connectivity index (χ3v) is 5.50. The molecule has 1 atom stereocenters. The number of rotatable bonds is 6. The van der Waals surface area contributed by atoms with Crippen LogP contribution in [-0.4, -0.2) is 60.0 Å². The highest BCUT2D eigenvalue weighted by Gasteiger charge is 2.33. The average Bonchev–Trinajstić information content (AvgIpc) is 3.01. The van der Waals surface area contributed by atoms with Crippen LogP contribution >= 0.6 is 0 Å². The maximum atomic E-state index is 14.5. The number of carbonyl (C=O) groups excluding carboxylic acids is 1. The van der Waals surface area contributed by atoms with Gasteiger partial charge in [0.05, 0.1) is 31.1 Å². The van der Waals surface area contributed by atoms with E-state index in [2.05, 4.69) is 4.72 Å². The van der Waals surface area contributed by atoms with Crippen molar-refractivity contribution in [1.29, 1.82) is 0 Å². The number of hydrogen-bond donors (Lipinski definition) is 1. The van der Waals surface area contributed by atoms with Crippen LogP contribution < -0.4 is 14.5 Å². The predicted octanol–water partition coefficient (Wildman–Crippen LogP) is 1.44. The number of nitrogens with zero attached hydrogens (tertiary/aromatic N) is 2. The molecule has 148 valence electrons. The van der Waals surface area contributed by atoms with E-state index < -0.39 is 28.0 Å². The van der Waals surface area contributed by atoms with Crippen LogP contribution in [0, 0.1) is 5.82 Å². The fraction of sp³-hybridized carbons (Fsp3) is 0.471. The number of halogens is 1. The van der Waals surface area contributed by atoms with E-state index in [0.29, 0.717) is 37.7 Å². The number of anilines is 2. The number of nitrogens with one attached hydrogen (secondary N) is 1. The normalized spacial score (nSPS) is 21.1. The second-order valence-corrected chi connectivity index (χ2v) is 7.87. The van der Waals surface area contributed by atoms with E-state index in [0.717, 1.165) is 5.41 Å². The molecule has 2 saturated heterocycles. The summed E-state index contributed by atoms with van der Waals surface area (Å²) in [5.74, 6) is -0.431. The number of allylic oxidation sites excluding steroid dienone is 1. The van der Waals surface area contributed by atoms with Crippen molar-refractivity contribution in [2.45, 2.75) is 13.0 Å². The van der Waals surface area contributed by atoms with E-state index in [-0.39, 0.29) is 13.1 Å². The van der Waals surface area contributed by atoms with Crippen LogP contribution in [0.2, 0.25) is 0 Å². The molecule has 0 bridgehead atoms. The minimum atomic E-state index is -3.56. The Hall–Kier alpha value is -2.17. The van der Waals surface area contributed by atoms with Gasteiger partial charge >= 0.3 is 6.09 Å². The second-order valence-electron chi connectivity index (χ2n) is 6.21. The molecule has 0 spiro atoms. The van der Waals surface area contributed by atoms with Crippen molar-refractivity contribution in [2.24, 2.45) is 0 Å². The zero-order valence-electron chi connectivity index (χ0n) is 14.9. The average molecular weight is 399 g/mol. The number of benzene rings is 1. The van der Waals surface area contributed by atoms with Crippen LogP contribution in [0.5, 0.6) is 0 Å². The quantitative estimate of drug-likeness (QED) is 0.779. The lowest BCUT2D eigenvalue weighted by Gasteiger charge is -2.29. The Morgan fingerprint density at radius 1 is 1.33 bits per heavy atom. The molecular formula is C17H22FN3O5S. The van der Waals surface area contributed by atoms with Gasteiger partial charge in [-0.15, -0.1) is 0 Å². The summed E-state index contributed by atoms with van der Waals surface area (Å²) in [5.41, 5.74) is 0.832. The first-order chi connectivity index (χ1) is 12.9. The topological polar surface area (TPSA) is 88.2 Å². The van der Waals surface area contributed by atoms with Gasteiger partial charge in [0, 0.05) is 25.0 Å². The van der Waals surface area contributed by atoms with E-state index in [4.69, 9.17) is 9.47 Å². The van der Waals surface area contributed by atoms with Crippen molar-refractivity contribution >= 4 is 27.5 Å². The Morgan fingerprint density at radius 3 is 2.74 bits per heavy atom. The smallest absolute Gasteiger partial charge is 0.414 e. The number of amides is 1. The van der Waals surface area contributed by atoms with Crippen LogP contribution in [-0.2, 0) is 19.5 Å². The Bertz CT molecular complexity index is 824. The molecule has 8 nitrogen and oxygen atoms in total. The summed E-state index contributed by atoms with van der Waals surface area (Å²) in [6.07, 6.45) is 0.108. The lowest BCUT2D eigenvalue weighted by atomic mass is 10.2. The lowest BCUT2D eigenvalue weighted by molar-refractivity contribution is 0.122. The lowest BCUT2D eigenvalue weighted by Crippen LogP contribution is -2.36. The molecule has 0 unspecified atom stereocenters. The van der Waals surface area contributed by atoms with E-state index in [1.807, 2.05) is 4.90 Å². The number of carbonyl (C=O) groups is 1. The molecule has 27 heavy (non-hydrogen) atoms. The van der Waals surface area contributed by atoms with Crippen LogP contribution in [0.1, 0.15) is 6.92 Å². The largest absolute Gasteiger partial charge is 0.443 e. The van der Waals surface area contributed by atoms with Gasteiger partial charge in [0.1, 0.15) is 11.9 Å². The fourth-order valence-electron chi connectivity index (χ4n) is 3.00. The molecule has 0 aliphatic carbocycles. The van der Waals surface area contributed by atoms with Crippen molar-refractivity contribution in [3.8, 4) is 0 Å². The van der Waals surface area contributed by atoms with Gasteiger partial charge in [-0.25, -0.2) is 22.3 Å². The van der Waals surface area contributed by atoms with Crippen molar-refractivity contribution in [3.63, 3.8) is 0 Å². The Morgan fingerprint density at radius 2 is 2.07 bits per heavy atom. The summed E-state index contributed by atoms with van der Waals surface area (Å²) < 4.78 is 50.6. The monoisotopic (exact) mass is 399 g/mol. The molecule has 0 aromatic heterocycles. The van der Waals surface area contributed by atoms with Gasteiger partial charge in [0.2, 0.25) is 10.0 Å². The summed E-state index contributed by atoms with van der Waals surface area (Å²) >= 11 is 0. The number of ether oxygens (including phenoxy) is 2. The minimum absolute atomic E-state index is 0.0523. The van der Waals surface area contributed by atoms with Gasteiger partial charge in [0.25, 0.3) is 0 Å². The highest BCUT2D eigenvalue weighted by Crippen LogP contribution is 2.28. The Balaban J connectivity index is 1.66. The van der Waals surface area contributed by atoms with Crippen LogP contribution in [0.15, 0.2) is 29.7 Å². The molecule has 0 radical (unpaired) electrons. The third-order valence-electron chi connectivity index (χ3n) is 4.30. The van der Waals surface area contributed by atoms with E-state index in [1.54, 1.807) is 19.1 Å². The molecule has 1 N–H and O–H groups in total. The van der Waals surface area contributed by atoms with Crippen molar-refractivity contribution in [2.75, 3.05) is 49.2 Å². The summed E-state index contributed by atoms with van der Waals surface area (Å²) in [7, 11) is -3.56. The summed E-state index contributed by atoms with van der Waals surface area (Å²) in [5, 5.41) is 1.03. The molecule has 2 fully saturated rings. The number of morpholine rings is 1. The molecule has 2 heterocycles. The molecule has 1 aromatic carbocycles. The SMILES string of the molecule is C/C=C/S(=O)(=O)NC[C@H]1CN(c2ccc(N3CCOCC3)c(F)c2)C(=O)O1. The number of hydrogen-bond acceptors (Lipinski definition) is 6. The van der Waals surface area contributed by atoms with Gasteiger partial charge in [-0.1, -0.05) is 6.08 Å². The second kappa shape index (κ2) is 8.24. The van der Waals surface area contributed by atoms with Gasteiger partial charge in [0.15, 0.2) is 0 Å². The van der Waals surface area contributed by atoms with E-state index in [9.17, 15) is 17.6 Å². The highest BCUT2D eigenvalue weighted by molar-refractivity contribution is 7.92. The predicted molar refractivity (Wildman–Crippen MR) is 98.8 cm³/mol. The van der Waals surface area contributed by atoms with Crippen LogP contribution in [0.25, 0.3) is 0 Å². The maximum Gasteiger partial charge on any atom is 0.414 e. The Labute approximate surface area is 157 Å². The highest BCUT2D eigenvalue weighted by atomic mass is 32.2. The van der Waals surface area contributed by atoms with Gasteiger partial charge < -0.3 is 14.4 Å². The molecule has 3 rings (SSSR count). The first-order valence-electron chi connectivity index (χ1n) is 8.62. The van der Waals surface area contributed by atoms with Gasteiger partial charge in [-0.05, 0) is 25.1 Å². The van der Waals surface area contributed by atoms with Gasteiger partial charge in [-0.3, -0.25) is 4.90 Å². The first kappa shape index (κ1) is 19.6. The van der Waals surface area contributed by atoms with Crippen molar-refractivity contribution in [1.82, 2.24) is 4.72 Å². The zero-order valence-corrected chi connectivity index (χ0v) is 15.7. The molecule has 1 aromatic rings. The van der Waals surface area contributed by atoms with Crippen LogP contribution in [0.4, 0.5) is 20.6 Å². The Kier molecular flexibility index (Phi) is 5.98. The third kappa shape index (κ3) is 4.76. The molecular weight excluding hydrogens is 377 g/mol. The number of sulfonamides is 1. The molecule has 2 aliphatic heterocycles. The standard InChI is InChI=1S/C17H22FN3O5S/c1-2-9-27(23,24)19-11-14-12-21(17(22)26-14)13-3-4-16(15(18)10-13)20-5-7-25-8-6-20/h2-4,9-10,14,19H,5-8,11-12H2,1H3/b9-2+/t14-/m0/s1. The van der Waals surface area contributed by atoms with Crippen molar-refractivity contribution < 1.29 is 27.1 Å². The molecule has 1 amide bonds. The molecule has 0 saturated carbocycles. The maximum absolute atomic E-state index is 14.5. The fourth-order valence-corrected chi connectivity index (χ4v) is 3.87. The van der Waals surface area contributed by atoms with Gasteiger partial charge in [-0.2, -0.15) is 0 Å².